The zero-order valence-corrected chi connectivity index (χ0v) is 18.0. The van der Waals surface area contributed by atoms with E-state index in [1.165, 1.54) is 27.8 Å². The molecule has 0 saturated carbocycles. The summed E-state index contributed by atoms with van der Waals surface area (Å²) in [6, 6.07) is 17.2. The van der Waals surface area contributed by atoms with E-state index >= 15 is 0 Å². The zero-order chi connectivity index (χ0) is 20.5. The van der Waals surface area contributed by atoms with Gasteiger partial charge >= 0.3 is 5.97 Å². The Labute approximate surface area is 169 Å². The van der Waals surface area contributed by atoms with Crippen LogP contribution in [0.2, 0.25) is 0 Å². The molecule has 0 bridgehead atoms. The van der Waals surface area contributed by atoms with Crippen molar-refractivity contribution in [2.75, 3.05) is 0 Å². The first kappa shape index (κ1) is 20.4. The average Bonchev–Trinajstić information content (AvgIpc) is 2.66. The number of benzene rings is 2. The Morgan fingerprint density at radius 1 is 1.07 bits per heavy atom. The van der Waals surface area contributed by atoms with Gasteiger partial charge < -0.3 is 4.74 Å². The third kappa shape index (κ3) is 3.92. The van der Waals surface area contributed by atoms with Gasteiger partial charge in [-0.05, 0) is 46.6 Å². The summed E-state index contributed by atoms with van der Waals surface area (Å²) < 4.78 is 5.85. The highest BCUT2D eigenvalue weighted by Crippen LogP contribution is 2.47. The first-order chi connectivity index (χ1) is 13.1. The van der Waals surface area contributed by atoms with Crippen molar-refractivity contribution in [2.45, 2.75) is 71.3 Å². The van der Waals surface area contributed by atoms with E-state index in [1.807, 2.05) is 13.0 Å². The number of ether oxygens (including phenoxy) is 1. The summed E-state index contributed by atoms with van der Waals surface area (Å²) in [4.78, 5) is 12.0. The summed E-state index contributed by atoms with van der Waals surface area (Å²) in [6.45, 7) is 12.9. The second-order valence-electron chi connectivity index (χ2n) is 9.14. The van der Waals surface area contributed by atoms with Crippen LogP contribution in [0.1, 0.15) is 76.6 Å². The number of hydrogen-bond acceptors (Lipinski definition) is 2. The zero-order valence-electron chi connectivity index (χ0n) is 18.0. The van der Waals surface area contributed by atoms with Crippen LogP contribution in [0.3, 0.4) is 0 Å². The van der Waals surface area contributed by atoms with Gasteiger partial charge in [-0.15, -0.1) is 0 Å². The highest BCUT2D eigenvalue weighted by Gasteiger charge is 2.46. The first-order valence-corrected chi connectivity index (χ1v) is 10.2. The van der Waals surface area contributed by atoms with Gasteiger partial charge in [0.2, 0.25) is 0 Å². The van der Waals surface area contributed by atoms with Crippen molar-refractivity contribution in [1.82, 2.24) is 0 Å². The number of rotatable bonds is 4. The van der Waals surface area contributed by atoms with Crippen molar-refractivity contribution >= 4 is 17.6 Å². The van der Waals surface area contributed by atoms with Crippen LogP contribution in [-0.4, -0.2) is 12.1 Å². The lowest BCUT2D eigenvalue weighted by Crippen LogP contribution is -2.47. The van der Waals surface area contributed by atoms with Gasteiger partial charge in [0.15, 0.2) is 0 Å². The fraction of sp³-hybridized carbons (Fsp3) is 0.423. The third-order valence-corrected chi connectivity index (χ3v) is 6.14. The molecule has 0 heterocycles. The summed E-state index contributed by atoms with van der Waals surface area (Å²) in [6.07, 6.45) is 3.38. The largest absolute Gasteiger partial charge is 0.461 e. The molecule has 0 aliphatic heterocycles. The van der Waals surface area contributed by atoms with Gasteiger partial charge in [0, 0.05) is 11.8 Å². The molecule has 0 aromatic heterocycles. The summed E-state index contributed by atoms with van der Waals surface area (Å²) in [5, 5.41) is 0. The monoisotopic (exact) mass is 376 g/mol. The van der Waals surface area contributed by atoms with Crippen molar-refractivity contribution in [3.05, 3.63) is 70.8 Å². The lowest BCUT2D eigenvalue weighted by molar-refractivity contribution is -0.154. The molecule has 0 amide bonds. The Balaban J connectivity index is 2.01. The molecule has 1 aliphatic rings. The van der Waals surface area contributed by atoms with Gasteiger partial charge in [0.1, 0.15) is 6.10 Å². The maximum atomic E-state index is 12.0. The summed E-state index contributed by atoms with van der Waals surface area (Å²) in [7, 11) is 0. The van der Waals surface area contributed by atoms with E-state index in [4.69, 9.17) is 4.74 Å². The van der Waals surface area contributed by atoms with Gasteiger partial charge in [-0.3, -0.25) is 4.79 Å². The van der Waals surface area contributed by atoms with E-state index in [0.29, 0.717) is 6.42 Å². The highest BCUT2D eigenvalue weighted by molar-refractivity contribution is 5.80. The standard InChI is InChI=1S/C26H32O2/c1-7-24(27)28-23-17-25(3,4)22-16-20(13-14-21(22)26(23,5)6)18(2)15-19-11-9-8-10-12-19/h8-16,23H,7,17H2,1-6H3/b18-15+. The summed E-state index contributed by atoms with van der Waals surface area (Å²) in [5.41, 5.74) is 6.10. The van der Waals surface area contributed by atoms with E-state index in [1.54, 1.807) is 0 Å². The van der Waals surface area contributed by atoms with Gasteiger partial charge in [0.05, 0.1) is 0 Å². The number of fused-ring (bicyclic) bond motifs is 1. The smallest absolute Gasteiger partial charge is 0.305 e. The molecule has 2 aromatic rings. The second kappa shape index (κ2) is 7.58. The minimum absolute atomic E-state index is 0.0490. The van der Waals surface area contributed by atoms with Crippen LogP contribution in [0.25, 0.3) is 11.6 Å². The molecule has 1 aliphatic carbocycles. The van der Waals surface area contributed by atoms with Crippen LogP contribution in [-0.2, 0) is 20.4 Å². The second-order valence-corrected chi connectivity index (χ2v) is 9.14. The van der Waals surface area contributed by atoms with Crippen LogP contribution < -0.4 is 0 Å². The fourth-order valence-electron chi connectivity index (χ4n) is 4.23. The topological polar surface area (TPSA) is 26.3 Å². The molecule has 1 unspecified atom stereocenters. The maximum absolute atomic E-state index is 12.0. The van der Waals surface area contributed by atoms with E-state index < -0.39 is 0 Å². The molecule has 2 nitrogen and oxygen atoms in total. The van der Waals surface area contributed by atoms with Gasteiger partial charge in [-0.25, -0.2) is 0 Å². The molecular weight excluding hydrogens is 344 g/mol. The van der Waals surface area contributed by atoms with Crippen molar-refractivity contribution in [1.29, 1.82) is 0 Å². The van der Waals surface area contributed by atoms with Gasteiger partial charge in [-0.2, -0.15) is 0 Å². The third-order valence-electron chi connectivity index (χ3n) is 6.14. The molecule has 2 heteroatoms. The number of carbonyl (C=O) groups excluding carboxylic acids is 1. The average molecular weight is 377 g/mol. The van der Waals surface area contributed by atoms with Crippen LogP contribution >= 0.6 is 0 Å². The molecule has 2 aromatic carbocycles. The Hall–Kier alpha value is -2.35. The molecule has 1 atom stereocenters. The van der Waals surface area contributed by atoms with Crippen molar-refractivity contribution in [3.63, 3.8) is 0 Å². The fourth-order valence-corrected chi connectivity index (χ4v) is 4.23. The minimum atomic E-state index is -0.203. The van der Waals surface area contributed by atoms with E-state index in [0.717, 1.165) is 6.42 Å². The predicted molar refractivity (Wildman–Crippen MR) is 117 cm³/mol. The molecule has 0 spiro atoms. The van der Waals surface area contributed by atoms with E-state index in [-0.39, 0.29) is 22.9 Å². The molecule has 3 rings (SSSR count). The van der Waals surface area contributed by atoms with E-state index in [2.05, 4.69) is 83.2 Å². The SMILES string of the molecule is CCC(=O)OC1CC(C)(C)c2cc(/C(C)=C/c3ccccc3)ccc2C1(C)C. The van der Waals surface area contributed by atoms with Crippen LogP contribution in [0.4, 0.5) is 0 Å². The molecule has 148 valence electrons. The Morgan fingerprint density at radius 2 is 1.75 bits per heavy atom. The number of esters is 1. The molecule has 0 fully saturated rings. The summed E-state index contributed by atoms with van der Waals surface area (Å²) in [5.74, 6) is -0.115. The molecule has 0 saturated heterocycles. The lowest BCUT2D eigenvalue weighted by Gasteiger charge is -2.47. The Bertz CT molecular complexity index is 888. The molecular formula is C26H32O2. The van der Waals surface area contributed by atoms with Crippen LogP contribution in [0.15, 0.2) is 48.5 Å². The Kier molecular flexibility index (Phi) is 5.52. The minimum Gasteiger partial charge on any atom is -0.461 e. The summed E-state index contributed by atoms with van der Waals surface area (Å²) >= 11 is 0. The lowest BCUT2D eigenvalue weighted by atomic mass is 9.61. The quantitative estimate of drug-likeness (QED) is 0.448. The van der Waals surface area contributed by atoms with Crippen molar-refractivity contribution < 1.29 is 9.53 Å². The number of hydrogen-bond donors (Lipinski definition) is 0. The first-order valence-electron chi connectivity index (χ1n) is 10.2. The van der Waals surface area contributed by atoms with Crippen molar-refractivity contribution in [3.8, 4) is 0 Å². The number of carbonyl (C=O) groups is 1. The van der Waals surface area contributed by atoms with Crippen LogP contribution in [0.5, 0.6) is 0 Å². The van der Waals surface area contributed by atoms with Gasteiger partial charge in [0.25, 0.3) is 0 Å². The highest BCUT2D eigenvalue weighted by atomic mass is 16.5. The van der Waals surface area contributed by atoms with Crippen molar-refractivity contribution in [2.24, 2.45) is 0 Å². The normalized spacial score (nSPS) is 20.4. The van der Waals surface area contributed by atoms with Gasteiger partial charge in [-0.1, -0.05) is 89.2 Å². The Morgan fingerprint density at radius 3 is 2.39 bits per heavy atom. The predicted octanol–water partition coefficient (Wildman–Crippen LogP) is 6.53. The molecule has 28 heavy (non-hydrogen) atoms. The number of allylic oxidation sites excluding steroid dienone is 1. The van der Waals surface area contributed by atoms with E-state index in [9.17, 15) is 4.79 Å². The molecule has 0 radical (unpaired) electrons. The molecule has 0 N–H and O–H groups in total. The maximum Gasteiger partial charge on any atom is 0.305 e. The van der Waals surface area contributed by atoms with Crippen LogP contribution in [0, 0.1) is 0 Å².